The maximum atomic E-state index is 14.4. The Morgan fingerprint density at radius 2 is 1.02 bits per heavy atom. The molecule has 17 rings (SSSR count). The molecule has 1 fully saturated rings. The molecule has 5 aliphatic rings. The first kappa shape index (κ1) is 92.1. The zero-order chi connectivity index (χ0) is 93.1. The summed E-state index contributed by atoms with van der Waals surface area (Å²) in [6.45, 7) is 4.94. The lowest BCUT2D eigenvalue weighted by Crippen LogP contribution is -2.40. The Balaban J connectivity index is 0.000000152. The zero-order valence-corrected chi connectivity index (χ0v) is 71.3. The fourth-order valence-electron chi connectivity index (χ4n) is 18.0. The third kappa shape index (κ3) is 22.1. The minimum Gasteiger partial charge on any atom is -0.444 e. The summed E-state index contributed by atoms with van der Waals surface area (Å²) < 4.78 is 205. The van der Waals surface area contributed by atoms with Crippen LogP contribution in [-0.2, 0) is 96.1 Å². The van der Waals surface area contributed by atoms with Crippen molar-refractivity contribution in [2.45, 2.75) is 172 Å². The molecule has 2 unspecified atom stereocenters. The predicted molar refractivity (Wildman–Crippen MR) is 461 cm³/mol. The first-order valence-electron chi connectivity index (χ1n) is 42.5. The van der Waals surface area contributed by atoms with Crippen LogP contribution >= 0.6 is 0 Å². The number of hydrogen-bond acceptors (Lipinski definition) is 12. The van der Waals surface area contributed by atoms with Crippen LogP contribution in [0, 0.1) is 64.8 Å². The van der Waals surface area contributed by atoms with Crippen LogP contribution in [0.1, 0.15) is 196 Å². The van der Waals surface area contributed by atoms with E-state index in [0.717, 1.165) is 92.4 Å². The van der Waals surface area contributed by atoms with Crippen LogP contribution in [0.3, 0.4) is 0 Å². The minimum atomic E-state index is -4.83. The normalized spacial score (nSPS) is 15.3. The van der Waals surface area contributed by atoms with E-state index in [0.29, 0.717) is 76.3 Å². The lowest BCUT2D eigenvalue weighted by atomic mass is 9.85. The molecule has 1 aliphatic heterocycles. The summed E-state index contributed by atoms with van der Waals surface area (Å²) >= 11 is 0. The molecular formula is C102H85F14N9O6. The minimum absolute atomic E-state index is 0.00228. The monoisotopic (exact) mass is 1800 g/mol. The average Bonchev–Trinajstić information content (AvgIpc) is 1.57. The number of amides is 1. The average molecular weight is 1800 g/mol. The highest BCUT2D eigenvalue weighted by Gasteiger charge is 2.50. The molecule has 0 radical (unpaired) electrons. The van der Waals surface area contributed by atoms with Crippen molar-refractivity contribution in [2.24, 2.45) is 5.92 Å². The number of allylic oxidation sites excluding steroid dienone is 3. The Hall–Kier alpha value is -13.7. The van der Waals surface area contributed by atoms with Crippen molar-refractivity contribution in [2.75, 3.05) is 6.54 Å². The van der Waals surface area contributed by atoms with Gasteiger partial charge in [-0.3, -0.25) is 43.5 Å². The molecule has 12 aromatic rings. The van der Waals surface area contributed by atoms with E-state index in [2.05, 4.69) is 54.3 Å². The number of nitrogens with zero attached hydrogens (tertiary/aromatic N) is 9. The molecule has 131 heavy (non-hydrogen) atoms. The van der Waals surface area contributed by atoms with Crippen molar-refractivity contribution in [1.82, 2.24) is 44.4 Å². The third-order valence-corrected chi connectivity index (χ3v) is 23.8. The number of benzene rings is 6. The number of carbonyl (C=O) groups excluding carboxylic acids is 5. The van der Waals surface area contributed by atoms with Gasteiger partial charge in [-0.15, -0.1) is 6.42 Å². The standard InChI is InChI=1S/C36H34F6N4O4.C34H28F5N3O.C32H23F3N2O/c1-20(47)29-16-22(7-8-30(29)39)27-6-5-10-43-32(27)23(12-21-13-24(37)17-25(38)14-21)15-26(48)18-46-31-19-45(34(49)50-35(2,3)4)11-9-28(31)33(44-46)36(40,41)42;35-25-12-19(13-26(36)17-25)11-24(31-28(5-2-10-40-31)22-7-6-20-3-1-4-21(20)14-22)15-27(43)18-42-32-29(9-8-23-16-30(23)32)33(41-42)34(37,38)39;1-2-28-15-23(9-11-36-28)30-4-3-10-37-32(30)24(12-20-13-26(34)18-27(35)14-20)17-29(38)16-22-6-5-21-7-8-25(33)19-31(21)22/h5-8,10,13-14,16-17,23H,9,11-12,15,18-19H2,1-4H3;1-2,4-7,10,12-14,17,23-24,30H,3,8-9,11,15-16,18H2;1,3-4,6-11,13-15,18-19,24H,5,12,16-17H2/t23-;23?,24-,30?;24-/m111/s1. The van der Waals surface area contributed by atoms with Crippen LogP contribution in [0.15, 0.2) is 195 Å². The van der Waals surface area contributed by atoms with Crippen LogP contribution in [0.2, 0.25) is 0 Å². The number of carbonyl (C=O) groups is 5. The van der Waals surface area contributed by atoms with Crippen LogP contribution in [0.25, 0.3) is 45.0 Å². The maximum absolute atomic E-state index is 14.4. The van der Waals surface area contributed by atoms with Gasteiger partial charge in [0.15, 0.2) is 28.7 Å². The Morgan fingerprint density at radius 3 is 1.56 bits per heavy atom. The molecule has 6 aromatic heterocycles. The molecule has 7 heterocycles. The number of ether oxygens (including phenoxy) is 1. The van der Waals surface area contributed by atoms with Crippen LogP contribution in [0.5, 0.6) is 0 Å². The molecule has 29 heteroatoms. The summed E-state index contributed by atoms with van der Waals surface area (Å²) in [6, 6.07) is 38.2. The molecule has 0 saturated heterocycles. The van der Waals surface area contributed by atoms with Gasteiger partial charge < -0.3 is 9.64 Å². The Kier molecular flexibility index (Phi) is 27.1. The number of aromatic nitrogens is 8. The van der Waals surface area contributed by atoms with E-state index in [1.165, 1.54) is 76.8 Å². The number of terminal acetylenes is 1. The van der Waals surface area contributed by atoms with Gasteiger partial charge in [-0.1, -0.05) is 66.6 Å². The summed E-state index contributed by atoms with van der Waals surface area (Å²) in [6.07, 6.45) is 10.9. The van der Waals surface area contributed by atoms with Gasteiger partial charge in [0.2, 0.25) is 0 Å². The molecule has 1 saturated carbocycles. The number of hydrogen-bond donors (Lipinski definition) is 0. The second kappa shape index (κ2) is 38.6. The number of fused-ring (bicyclic) bond motifs is 6. The molecule has 6 aromatic carbocycles. The maximum Gasteiger partial charge on any atom is 0.435 e. The molecule has 672 valence electrons. The fourth-order valence-corrected chi connectivity index (χ4v) is 18.0. The second-order valence-electron chi connectivity index (χ2n) is 34.4. The molecule has 0 spiro atoms. The van der Waals surface area contributed by atoms with Gasteiger partial charge in [-0.05, 0) is 250 Å². The summed E-state index contributed by atoms with van der Waals surface area (Å²) in [4.78, 5) is 84.9. The van der Waals surface area contributed by atoms with Crippen molar-refractivity contribution in [3.63, 3.8) is 0 Å². The van der Waals surface area contributed by atoms with Crippen LogP contribution < -0.4 is 0 Å². The van der Waals surface area contributed by atoms with Gasteiger partial charge in [0.05, 0.1) is 48.0 Å². The molecule has 0 N–H and O–H groups in total. The summed E-state index contributed by atoms with van der Waals surface area (Å²) in [5.74, 6) is -6.21. The van der Waals surface area contributed by atoms with E-state index in [4.69, 9.17) is 11.2 Å². The number of rotatable bonds is 25. The van der Waals surface area contributed by atoms with E-state index in [9.17, 15) is 85.4 Å². The van der Waals surface area contributed by atoms with Gasteiger partial charge in [0.1, 0.15) is 63.6 Å². The Morgan fingerprint density at radius 1 is 0.519 bits per heavy atom. The van der Waals surface area contributed by atoms with Crippen molar-refractivity contribution in [1.29, 1.82) is 0 Å². The van der Waals surface area contributed by atoms with Crippen LogP contribution in [-0.4, -0.2) is 85.8 Å². The highest BCUT2D eigenvalue weighted by molar-refractivity contribution is 5.96. The van der Waals surface area contributed by atoms with Crippen molar-refractivity contribution < 1.29 is 90.2 Å². The first-order chi connectivity index (χ1) is 62.4. The van der Waals surface area contributed by atoms with E-state index in [1.807, 2.05) is 30.3 Å². The number of pyridine rings is 4. The van der Waals surface area contributed by atoms with E-state index >= 15 is 0 Å². The second-order valence-corrected chi connectivity index (χ2v) is 34.4. The quantitative estimate of drug-likeness (QED) is 0.0300. The lowest BCUT2D eigenvalue weighted by Gasteiger charge is -2.30. The van der Waals surface area contributed by atoms with Gasteiger partial charge in [0.25, 0.3) is 0 Å². The largest absolute Gasteiger partial charge is 0.444 e. The van der Waals surface area contributed by atoms with Crippen LogP contribution in [0.4, 0.5) is 66.3 Å². The predicted octanol–water partition coefficient (Wildman–Crippen LogP) is 22.6. The number of ketones is 4. The van der Waals surface area contributed by atoms with Gasteiger partial charge in [-0.2, -0.15) is 36.5 Å². The molecule has 15 nitrogen and oxygen atoms in total. The molecule has 5 atom stereocenters. The van der Waals surface area contributed by atoms with Gasteiger partial charge >= 0.3 is 18.4 Å². The molecule has 4 aliphatic carbocycles. The van der Waals surface area contributed by atoms with Crippen molar-refractivity contribution >= 4 is 40.9 Å². The molecule has 1 amide bonds. The highest BCUT2D eigenvalue weighted by atomic mass is 19.4. The topological polar surface area (TPSA) is 185 Å². The third-order valence-electron chi connectivity index (χ3n) is 23.8. The summed E-state index contributed by atoms with van der Waals surface area (Å²) in [5, 5.41) is 7.68. The fraction of sp³-hybridized carbons (Fsp3) is 0.284. The van der Waals surface area contributed by atoms with Crippen molar-refractivity contribution in [3.8, 4) is 45.7 Å². The summed E-state index contributed by atoms with van der Waals surface area (Å²) in [5.41, 5.74) is 9.31. The zero-order valence-electron chi connectivity index (χ0n) is 71.3. The highest BCUT2D eigenvalue weighted by Crippen LogP contribution is 2.56. The molecular weight excluding hydrogens is 1710 g/mol. The number of Topliss-reactive ketones (excluding diaryl/α,β-unsaturated/α-hetero) is 4. The summed E-state index contributed by atoms with van der Waals surface area (Å²) in [7, 11) is 0. The first-order valence-corrected chi connectivity index (χ1v) is 42.5. The van der Waals surface area contributed by atoms with E-state index in [-0.39, 0.29) is 128 Å². The van der Waals surface area contributed by atoms with Crippen molar-refractivity contribution in [3.05, 3.63) is 342 Å². The van der Waals surface area contributed by atoms with E-state index < -0.39 is 112 Å². The lowest BCUT2D eigenvalue weighted by molar-refractivity contribution is -0.143. The number of alkyl halides is 6. The number of halogens is 14. The Labute approximate surface area is 744 Å². The Bertz CT molecular complexity index is 6500. The van der Waals surface area contributed by atoms with Gasteiger partial charge in [0, 0.05) is 132 Å². The van der Waals surface area contributed by atoms with Gasteiger partial charge in [-0.25, -0.2) is 44.9 Å². The molecule has 0 bridgehead atoms. The SMILES string of the molecule is C#Cc1cc(-c2cccnc2[C@@H](CC(=O)CC2=CCc3ccc(F)cc32)Cc2cc(F)cc(F)c2)ccn1.CC(=O)c1cc(-c2cccnc2[C@@H](CC(=O)Cn2nc(C(F)(F)F)c3c2CN(C(=O)OC(C)(C)C)CC3)Cc2cc(F)cc(F)c2)ccc1F.O=C(C[C@@H](Cc1cc(F)cc(F)c1)c1ncccc1-c1ccc2c(c1)C=CC2)Cn1nc(C(F)(F)F)c2c1C1CC1CC2. The van der Waals surface area contributed by atoms with E-state index in [1.54, 1.807) is 81.8 Å². The smallest absolute Gasteiger partial charge is 0.435 e.